The van der Waals surface area contributed by atoms with Crippen LogP contribution in [0.25, 0.3) is 0 Å². The first-order valence-electron chi connectivity index (χ1n) is 7.92. The molecule has 0 radical (unpaired) electrons. The summed E-state index contributed by atoms with van der Waals surface area (Å²) in [4.78, 5) is 21.1. The predicted octanol–water partition coefficient (Wildman–Crippen LogP) is 3.93. The van der Waals surface area contributed by atoms with Gasteiger partial charge in [0.25, 0.3) is 5.91 Å². The molecular formula is C19H24N4O. The molecule has 0 aliphatic rings. The number of rotatable bonds is 5. The molecule has 0 bridgehead atoms. The van der Waals surface area contributed by atoms with Gasteiger partial charge in [0.2, 0.25) is 0 Å². The van der Waals surface area contributed by atoms with Gasteiger partial charge in [-0.15, -0.1) is 6.58 Å². The molecule has 2 rings (SSSR count). The lowest BCUT2D eigenvalue weighted by Gasteiger charge is -2.23. The number of anilines is 2. The normalized spacial score (nSPS) is 11.0. The number of hydrogen-bond donors (Lipinski definition) is 2. The van der Waals surface area contributed by atoms with Crippen molar-refractivity contribution in [1.29, 1.82) is 0 Å². The van der Waals surface area contributed by atoms with E-state index in [-0.39, 0.29) is 11.3 Å². The highest BCUT2D eigenvalue weighted by atomic mass is 16.1. The third-order valence-electron chi connectivity index (χ3n) is 3.48. The van der Waals surface area contributed by atoms with Crippen LogP contribution in [-0.4, -0.2) is 22.4 Å². The van der Waals surface area contributed by atoms with Crippen LogP contribution in [0.3, 0.4) is 0 Å². The molecule has 5 nitrogen and oxygen atoms in total. The zero-order valence-corrected chi connectivity index (χ0v) is 14.7. The predicted molar refractivity (Wildman–Crippen MR) is 98.6 cm³/mol. The molecule has 2 aromatic rings. The Balaban J connectivity index is 2.28. The minimum Gasteiger partial charge on any atom is -0.366 e. The van der Waals surface area contributed by atoms with Crippen LogP contribution in [0.4, 0.5) is 11.5 Å². The second-order valence-corrected chi connectivity index (χ2v) is 6.60. The molecule has 0 saturated carbocycles. The highest BCUT2D eigenvalue weighted by Gasteiger charge is 2.19. The Labute approximate surface area is 143 Å². The smallest absolute Gasteiger partial charge is 0.274 e. The van der Waals surface area contributed by atoms with Gasteiger partial charge in [-0.3, -0.25) is 4.79 Å². The van der Waals surface area contributed by atoms with E-state index in [1.54, 1.807) is 19.1 Å². The van der Waals surface area contributed by atoms with Crippen LogP contribution >= 0.6 is 0 Å². The maximum absolute atomic E-state index is 12.6. The Hall–Kier alpha value is -2.69. The van der Waals surface area contributed by atoms with Gasteiger partial charge in [0.1, 0.15) is 17.3 Å². The average molecular weight is 324 g/mol. The molecule has 0 fully saturated rings. The topological polar surface area (TPSA) is 66.9 Å². The van der Waals surface area contributed by atoms with Crippen molar-refractivity contribution in [3.63, 3.8) is 0 Å². The molecular weight excluding hydrogens is 300 g/mol. The maximum Gasteiger partial charge on any atom is 0.274 e. The lowest BCUT2D eigenvalue weighted by molar-refractivity contribution is 0.102. The maximum atomic E-state index is 12.6. The van der Waals surface area contributed by atoms with Gasteiger partial charge in [0.15, 0.2) is 0 Å². The fraction of sp³-hybridized carbons (Fsp3) is 0.316. The standard InChI is InChI=1S/C19H24N4O/c1-6-11-20-17-12-16(21-13(2)22-17)18(24)23-15-10-8-7-9-14(15)19(3,4)5/h6-10,12H,1,11H2,2-5H3,(H,23,24)(H,20,21,22). The molecule has 0 spiro atoms. The van der Waals surface area contributed by atoms with Gasteiger partial charge in [-0.2, -0.15) is 0 Å². The summed E-state index contributed by atoms with van der Waals surface area (Å²) in [5, 5.41) is 6.05. The van der Waals surface area contributed by atoms with Gasteiger partial charge in [0, 0.05) is 18.3 Å². The number of aromatic nitrogens is 2. The monoisotopic (exact) mass is 324 g/mol. The van der Waals surface area contributed by atoms with Crippen molar-refractivity contribution in [2.24, 2.45) is 0 Å². The Bertz CT molecular complexity index is 747. The minimum absolute atomic E-state index is 0.0673. The number of carbonyl (C=O) groups excluding carboxylic acids is 1. The van der Waals surface area contributed by atoms with Crippen LogP contribution in [0.1, 0.15) is 42.6 Å². The Morgan fingerprint density at radius 3 is 2.62 bits per heavy atom. The molecule has 0 atom stereocenters. The van der Waals surface area contributed by atoms with Crippen molar-refractivity contribution in [3.05, 3.63) is 60.1 Å². The zero-order chi connectivity index (χ0) is 17.7. The summed E-state index contributed by atoms with van der Waals surface area (Å²) >= 11 is 0. The van der Waals surface area contributed by atoms with E-state index >= 15 is 0 Å². The first kappa shape index (κ1) is 17.7. The van der Waals surface area contributed by atoms with E-state index < -0.39 is 0 Å². The first-order valence-corrected chi connectivity index (χ1v) is 7.92. The van der Waals surface area contributed by atoms with Crippen molar-refractivity contribution in [2.45, 2.75) is 33.1 Å². The molecule has 5 heteroatoms. The summed E-state index contributed by atoms with van der Waals surface area (Å²) in [6, 6.07) is 9.46. The summed E-state index contributed by atoms with van der Waals surface area (Å²) in [7, 11) is 0. The number of nitrogens with zero attached hydrogens (tertiary/aromatic N) is 2. The van der Waals surface area contributed by atoms with Gasteiger partial charge in [-0.05, 0) is 24.0 Å². The number of hydrogen-bond acceptors (Lipinski definition) is 4. The quantitative estimate of drug-likeness (QED) is 0.818. The van der Waals surface area contributed by atoms with E-state index in [2.05, 4.69) is 48.0 Å². The summed E-state index contributed by atoms with van der Waals surface area (Å²) < 4.78 is 0. The van der Waals surface area contributed by atoms with E-state index in [1.807, 2.05) is 24.3 Å². The lowest BCUT2D eigenvalue weighted by atomic mass is 9.86. The molecule has 0 aliphatic carbocycles. The van der Waals surface area contributed by atoms with E-state index in [0.29, 0.717) is 23.9 Å². The molecule has 2 N–H and O–H groups in total. The van der Waals surface area contributed by atoms with Crippen molar-refractivity contribution in [1.82, 2.24) is 9.97 Å². The number of amides is 1. The summed E-state index contributed by atoms with van der Waals surface area (Å²) in [5.74, 6) is 0.897. The zero-order valence-electron chi connectivity index (χ0n) is 14.7. The van der Waals surface area contributed by atoms with Crippen LogP contribution in [0.5, 0.6) is 0 Å². The van der Waals surface area contributed by atoms with Gasteiger partial charge < -0.3 is 10.6 Å². The molecule has 126 valence electrons. The highest BCUT2D eigenvalue weighted by molar-refractivity contribution is 6.03. The SMILES string of the molecule is C=CCNc1cc(C(=O)Nc2ccccc2C(C)(C)C)nc(C)n1. The number of carbonyl (C=O) groups is 1. The van der Waals surface area contributed by atoms with Crippen molar-refractivity contribution >= 4 is 17.4 Å². The van der Waals surface area contributed by atoms with Crippen LogP contribution in [-0.2, 0) is 5.41 Å². The van der Waals surface area contributed by atoms with Crippen LogP contribution in [0.2, 0.25) is 0 Å². The fourth-order valence-electron chi connectivity index (χ4n) is 2.38. The highest BCUT2D eigenvalue weighted by Crippen LogP contribution is 2.29. The molecule has 0 aliphatic heterocycles. The molecule has 1 amide bonds. The summed E-state index contributed by atoms with van der Waals surface area (Å²) in [6.07, 6.45) is 1.73. The lowest BCUT2D eigenvalue weighted by Crippen LogP contribution is -2.20. The minimum atomic E-state index is -0.251. The molecule has 1 heterocycles. The molecule has 1 aromatic heterocycles. The van der Waals surface area contributed by atoms with E-state index in [4.69, 9.17) is 0 Å². The number of para-hydroxylation sites is 1. The van der Waals surface area contributed by atoms with E-state index in [0.717, 1.165) is 11.3 Å². The third-order valence-corrected chi connectivity index (χ3v) is 3.48. The van der Waals surface area contributed by atoms with Crippen molar-refractivity contribution in [3.8, 4) is 0 Å². The van der Waals surface area contributed by atoms with Gasteiger partial charge in [0.05, 0.1) is 0 Å². The summed E-state index contributed by atoms with van der Waals surface area (Å²) in [6.45, 7) is 12.3. The van der Waals surface area contributed by atoms with Gasteiger partial charge in [-0.1, -0.05) is 45.0 Å². The van der Waals surface area contributed by atoms with Gasteiger partial charge in [-0.25, -0.2) is 9.97 Å². The molecule has 0 unspecified atom stereocenters. The van der Waals surface area contributed by atoms with Gasteiger partial charge >= 0.3 is 0 Å². The largest absolute Gasteiger partial charge is 0.366 e. The number of nitrogens with one attached hydrogen (secondary N) is 2. The first-order chi connectivity index (χ1) is 11.3. The third kappa shape index (κ3) is 4.41. The number of benzene rings is 1. The second-order valence-electron chi connectivity index (χ2n) is 6.60. The van der Waals surface area contributed by atoms with Crippen LogP contribution < -0.4 is 10.6 Å². The Morgan fingerprint density at radius 2 is 1.96 bits per heavy atom. The summed E-state index contributed by atoms with van der Waals surface area (Å²) in [5.41, 5.74) is 2.14. The average Bonchev–Trinajstić information content (AvgIpc) is 2.52. The van der Waals surface area contributed by atoms with E-state index in [1.165, 1.54) is 0 Å². The molecule has 24 heavy (non-hydrogen) atoms. The Kier molecular flexibility index (Phi) is 5.34. The van der Waals surface area contributed by atoms with Crippen molar-refractivity contribution < 1.29 is 4.79 Å². The van der Waals surface area contributed by atoms with Crippen LogP contribution in [0.15, 0.2) is 43.0 Å². The van der Waals surface area contributed by atoms with Crippen molar-refractivity contribution in [2.75, 3.05) is 17.2 Å². The fourth-order valence-corrected chi connectivity index (χ4v) is 2.38. The number of aryl methyl sites for hydroxylation is 1. The molecule has 1 aromatic carbocycles. The van der Waals surface area contributed by atoms with Crippen LogP contribution in [0, 0.1) is 6.92 Å². The second kappa shape index (κ2) is 7.25. The Morgan fingerprint density at radius 1 is 1.25 bits per heavy atom. The molecule has 0 saturated heterocycles. The van der Waals surface area contributed by atoms with E-state index in [9.17, 15) is 4.79 Å².